The average molecular weight is 700 g/mol. The van der Waals surface area contributed by atoms with Crippen LogP contribution in [0.3, 0.4) is 0 Å². The summed E-state index contributed by atoms with van der Waals surface area (Å²) in [6.45, 7) is 8.01. The molecule has 8 aromatic carbocycles. The predicted molar refractivity (Wildman–Crippen MR) is 226 cm³/mol. The molecule has 3 aromatic heterocycles. The summed E-state index contributed by atoms with van der Waals surface area (Å²) in [5.74, 6) is 0. The number of aromatic nitrogens is 3. The van der Waals surface area contributed by atoms with Gasteiger partial charge >= 0.3 is 0 Å². The molecule has 5 nitrogen and oxygen atoms in total. The number of benzene rings is 8. The van der Waals surface area contributed by atoms with Crippen LogP contribution < -0.4 is 0 Å². The van der Waals surface area contributed by atoms with E-state index in [4.69, 9.17) is 6.57 Å². The lowest BCUT2D eigenvalue weighted by atomic mass is 9.99. The quantitative estimate of drug-likeness (QED) is 0.169. The van der Waals surface area contributed by atoms with E-state index in [1.54, 1.807) is 0 Å². The van der Waals surface area contributed by atoms with Crippen LogP contribution in [0.4, 0.5) is 5.69 Å². The zero-order valence-corrected chi connectivity index (χ0v) is 29.5. The molecule has 3 heterocycles. The molecule has 0 atom stereocenters. The first-order valence-corrected chi connectivity index (χ1v) is 18.3. The summed E-state index contributed by atoms with van der Waals surface area (Å²) in [6.07, 6.45) is 0. The Kier molecular flexibility index (Phi) is 6.61. The molecule has 0 aliphatic heterocycles. The maximum absolute atomic E-state index is 10.4. The molecule has 254 valence electrons. The molecule has 0 bridgehead atoms. The Morgan fingerprint density at radius 3 is 1.60 bits per heavy atom. The fraction of sp³-hybridized carbons (Fsp3) is 0. The second-order valence-electron chi connectivity index (χ2n) is 13.9. The van der Waals surface area contributed by atoms with Gasteiger partial charge in [0.2, 0.25) is 0 Å². The zero-order chi connectivity index (χ0) is 36.6. The molecule has 0 spiro atoms. The first-order valence-electron chi connectivity index (χ1n) is 18.3. The van der Waals surface area contributed by atoms with E-state index in [2.05, 4.69) is 170 Å². The highest BCUT2D eigenvalue weighted by atomic mass is 15.1. The van der Waals surface area contributed by atoms with Crippen molar-refractivity contribution in [2.45, 2.75) is 0 Å². The number of nitrogens with zero attached hydrogens (tertiary/aromatic N) is 5. The number of fused-ring (bicyclic) bond motifs is 9. The molecule has 0 N–H and O–H groups in total. The molecule has 0 saturated heterocycles. The highest BCUT2D eigenvalue weighted by Crippen LogP contribution is 2.44. The summed E-state index contributed by atoms with van der Waals surface area (Å²) >= 11 is 0. The fourth-order valence-corrected chi connectivity index (χ4v) is 8.88. The normalized spacial score (nSPS) is 11.6. The zero-order valence-electron chi connectivity index (χ0n) is 29.5. The third kappa shape index (κ3) is 4.33. The minimum atomic E-state index is 0.579. The van der Waals surface area contributed by atoms with Gasteiger partial charge in [-0.2, -0.15) is 5.26 Å². The lowest BCUT2D eigenvalue weighted by Crippen LogP contribution is -2.04. The molecule has 11 rings (SSSR count). The molecule has 0 radical (unpaired) electrons. The molecule has 0 aliphatic rings. The summed E-state index contributed by atoms with van der Waals surface area (Å²) < 4.78 is 7.03. The molecule has 55 heavy (non-hydrogen) atoms. The van der Waals surface area contributed by atoms with Crippen molar-refractivity contribution in [1.29, 1.82) is 5.26 Å². The Morgan fingerprint density at radius 2 is 0.909 bits per heavy atom. The van der Waals surface area contributed by atoms with Crippen molar-refractivity contribution in [1.82, 2.24) is 13.7 Å². The van der Waals surface area contributed by atoms with Crippen molar-refractivity contribution in [3.05, 3.63) is 193 Å². The van der Waals surface area contributed by atoms with Crippen LogP contribution in [0.2, 0.25) is 0 Å². The first-order chi connectivity index (χ1) is 27.2. The molecule has 0 amide bonds. The van der Waals surface area contributed by atoms with E-state index in [1.807, 2.05) is 30.3 Å². The van der Waals surface area contributed by atoms with E-state index in [9.17, 15) is 5.26 Å². The van der Waals surface area contributed by atoms with Crippen LogP contribution in [0.15, 0.2) is 176 Å². The SMILES string of the molecule is [C-]#[N+]c1cccc2c1c1ccccc1n2-c1ccccc1-c1ccc(C#N)cc1-n1c2ccccc2c2cccc(-n3c4ccccc4c4ccccc43)c21. The monoisotopic (exact) mass is 699 g/mol. The van der Waals surface area contributed by atoms with Crippen molar-refractivity contribution in [3.63, 3.8) is 0 Å². The minimum Gasteiger partial charge on any atom is -0.310 e. The van der Waals surface area contributed by atoms with Gasteiger partial charge in [0, 0.05) is 43.6 Å². The van der Waals surface area contributed by atoms with Gasteiger partial charge in [0.1, 0.15) is 0 Å². The van der Waals surface area contributed by atoms with Gasteiger partial charge in [0.15, 0.2) is 5.69 Å². The van der Waals surface area contributed by atoms with Crippen molar-refractivity contribution in [3.8, 4) is 34.3 Å². The molecule has 5 heteroatoms. The number of rotatable bonds is 4. The average Bonchev–Trinajstić information content (AvgIpc) is 3.89. The molecular formula is C50H29N5. The molecule has 0 aliphatic carbocycles. The van der Waals surface area contributed by atoms with Gasteiger partial charge in [0.05, 0.1) is 62.9 Å². The largest absolute Gasteiger partial charge is 0.310 e. The van der Waals surface area contributed by atoms with Crippen molar-refractivity contribution >= 4 is 71.1 Å². The summed E-state index contributed by atoms with van der Waals surface area (Å²) in [5, 5.41) is 17.0. The first kappa shape index (κ1) is 30.7. The van der Waals surface area contributed by atoms with E-state index in [0.717, 1.165) is 82.8 Å². The Balaban J connectivity index is 1.28. The Hall–Kier alpha value is -7.86. The minimum absolute atomic E-state index is 0.579. The van der Waals surface area contributed by atoms with Crippen molar-refractivity contribution < 1.29 is 0 Å². The van der Waals surface area contributed by atoms with Crippen molar-refractivity contribution in [2.24, 2.45) is 0 Å². The standard InChI is InChI=1S/C50H29N5/c1-52-40-20-13-26-46-49(40)39-18-6-11-25-45(39)53(46)41-21-7-4-16-35(41)37-29-28-32(31-51)30-48(37)55-44-24-10-5-17-36(44)38-19-12-27-47(50(38)55)54-42-22-8-2-14-33(42)34-15-3-9-23-43(34)54/h2-30H. The van der Waals surface area contributed by atoms with E-state index >= 15 is 0 Å². The highest BCUT2D eigenvalue weighted by molar-refractivity contribution is 6.17. The molecule has 0 fully saturated rings. The Bertz CT molecular complexity index is 3420. The maximum atomic E-state index is 10.4. The second kappa shape index (κ2) is 11.8. The molecule has 11 aromatic rings. The van der Waals surface area contributed by atoms with Crippen LogP contribution in [0.5, 0.6) is 0 Å². The van der Waals surface area contributed by atoms with E-state index in [1.165, 1.54) is 10.8 Å². The maximum Gasteiger partial charge on any atom is 0.197 e. The highest BCUT2D eigenvalue weighted by Gasteiger charge is 2.24. The summed E-state index contributed by atoms with van der Waals surface area (Å²) in [7, 11) is 0. The summed E-state index contributed by atoms with van der Waals surface area (Å²) in [4.78, 5) is 3.93. The van der Waals surface area contributed by atoms with Crippen LogP contribution in [0, 0.1) is 17.9 Å². The van der Waals surface area contributed by atoms with Gasteiger partial charge in [-0.15, -0.1) is 0 Å². The van der Waals surface area contributed by atoms with E-state index < -0.39 is 0 Å². The Morgan fingerprint density at radius 1 is 0.418 bits per heavy atom. The van der Waals surface area contributed by atoms with Gasteiger partial charge in [-0.1, -0.05) is 121 Å². The van der Waals surface area contributed by atoms with E-state index in [-0.39, 0.29) is 0 Å². The second-order valence-corrected chi connectivity index (χ2v) is 13.9. The lowest BCUT2D eigenvalue weighted by molar-refractivity contribution is 1.13. The van der Waals surface area contributed by atoms with Gasteiger partial charge < -0.3 is 13.7 Å². The lowest BCUT2D eigenvalue weighted by Gasteiger charge is -2.20. The van der Waals surface area contributed by atoms with Crippen LogP contribution in [0.25, 0.3) is 98.5 Å². The molecule has 0 saturated carbocycles. The number of hydrogen-bond acceptors (Lipinski definition) is 1. The topological polar surface area (TPSA) is 42.9 Å². The summed E-state index contributed by atoms with van der Waals surface area (Å²) in [5.41, 5.74) is 12.6. The fourth-order valence-electron chi connectivity index (χ4n) is 8.88. The third-order valence-corrected chi connectivity index (χ3v) is 11.1. The molecule has 0 unspecified atom stereocenters. The summed E-state index contributed by atoms with van der Waals surface area (Å²) in [6, 6.07) is 63.6. The smallest absolute Gasteiger partial charge is 0.197 e. The van der Waals surface area contributed by atoms with E-state index in [0.29, 0.717) is 11.3 Å². The number of hydrogen-bond donors (Lipinski definition) is 0. The van der Waals surface area contributed by atoms with Gasteiger partial charge in [-0.25, -0.2) is 4.85 Å². The van der Waals surface area contributed by atoms with Gasteiger partial charge in [-0.05, 0) is 60.0 Å². The number of nitriles is 1. The van der Waals surface area contributed by atoms with Crippen LogP contribution in [-0.4, -0.2) is 13.7 Å². The molecular weight excluding hydrogens is 671 g/mol. The van der Waals surface area contributed by atoms with Crippen LogP contribution in [0.1, 0.15) is 5.56 Å². The van der Waals surface area contributed by atoms with Crippen LogP contribution >= 0.6 is 0 Å². The predicted octanol–water partition coefficient (Wildman–Crippen LogP) is 13.1. The van der Waals surface area contributed by atoms with Gasteiger partial charge in [0.25, 0.3) is 0 Å². The van der Waals surface area contributed by atoms with Crippen molar-refractivity contribution in [2.75, 3.05) is 0 Å². The number of para-hydroxylation sites is 6. The van der Waals surface area contributed by atoms with Gasteiger partial charge in [-0.3, -0.25) is 0 Å². The third-order valence-electron chi connectivity index (χ3n) is 11.1. The Labute approximate surface area is 316 Å². The van der Waals surface area contributed by atoms with Crippen LogP contribution in [-0.2, 0) is 0 Å².